The van der Waals surface area contributed by atoms with E-state index in [1.165, 1.54) is 13.8 Å². The van der Waals surface area contributed by atoms with Crippen LogP contribution in [0, 0.1) is 5.92 Å². The van der Waals surface area contributed by atoms with Crippen LogP contribution in [0.5, 0.6) is 0 Å². The molecule has 0 aromatic carbocycles. The monoisotopic (exact) mass is 236 g/mol. The van der Waals surface area contributed by atoms with E-state index in [1.54, 1.807) is 0 Å². The maximum absolute atomic E-state index is 11.8. The van der Waals surface area contributed by atoms with Gasteiger partial charge < -0.3 is 9.84 Å². The van der Waals surface area contributed by atoms with E-state index in [9.17, 15) is 13.2 Å². The average molecular weight is 236 g/mol. The fourth-order valence-electron chi connectivity index (χ4n) is 1.37. The Kier molecular flexibility index (Phi) is 3.40. The summed E-state index contributed by atoms with van der Waals surface area (Å²) in [5.74, 6) is -1.47. The first-order valence-corrected chi connectivity index (χ1v) is 6.46. The van der Waals surface area contributed by atoms with Gasteiger partial charge in [-0.25, -0.2) is 8.42 Å². The summed E-state index contributed by atoms with van der Waals surface area (Å²) >= 11 is 0. The van der Waals surface area contributed by atoms with Gasteiger partial charge in [0, 0.05) is 6.61 Å². The summed E-state index contributed by atoms with van der Waals surface area (Å²) in [4.78, 5) is 10.8. The topological polar surface area (TPSA) is 80.7 Å². The van der Waals surface area contributed by atoms with E-state index in [-0.39, 0.29) is 11.7 Å². The summed E-state index contributed by atoms with van der Waals surface area (Å²) < 4.78 is 27.0. The van der Waals surface area contributed by atoms with Crippen molar-refractivity contribution in [2.24, 2.45) is 5.92 Å². The third kappa shape index (κ3) is 2.49. The van der Waals surface area contributed by atoms with E-state index >= 15 is 0 Å². The van der Waals surface area contributed by atoms with E-state index in [1.807, 2.05) is 0 Å². The zero-order valence-corrected chi connectivity index (χ0v) is 9.71. The van der Waals surface area contributed by atoms with E-state index in [0.717, 1.165) is 0 Å². The van der Waals surface area contributed by atoms with Gasteiger partial charge in [-0.15, -0.1) is 0 Å². The largest absolute Gasteiger partial charge is 0.480 e. The fraction of sp³-hybridized carbons (Fsp3) is 0.889. The summed E-state index contributed by atoms with van der Waals surface area (Å²) in [5, 5.41) is 8.84. The second-order valence-corrected chi connectivity index (χ2v) is 6.91. The van der Waals surface area contributed by atoms with Gasteiger partial charge in [-0.2, -0.15) is 0 Å². The van der Waals surface area contributed by atoms with Crippen LogP contribution in [-0.2, 0) is 19.4 Å². The highest BCUT2D eigenvalue weighted by atomic mass is 32.2. The summed E-state index contributed by atoms with van der Waals surface area (Å²) in [7, 11) is -3.62. The number of carboxylic acids is 1. The summed E-state index contributed by atoms with van der Waals surface area (Å²) in [6.07, 6.45) is 0.689. The van der Waals surface area contributed by atoms with Crippen LogP contribution in [0.15, 0.2) is 0 Å². The molecule has 1 rings (SSSR count). The van der Waals surface area contributed by atoms with Gasteiger partial charge in [0.1, 0.15) is 0 Å². The zero-order valence-electron chi connectivity index (χ0n) is 8.89. The maximum Gasteiger partial charge on any atom is 0.324 e. The van der Waals surface area contributed by atoms with Gasteiger partial charge in [-0.05, 0) is 26.2 Å². The van der Waals surface area contributed by atoms with Crippen molar-refractivity contribution in [1.82, 2.24) is 0 Å². The molecule has 1 heterocycles. The number of sulfone groups is 1. The van der Waals surface area contributed by atoms with Crippen LogP contribution in [0.4, 0.5) is 0 Å². The number of ether oxygens (including phenoxy) is 1. The molecule has 1 aliphatic heterocycles. The number of aliphatic carboxylic acids is 1. The van der Waals surface area contributed by atoms with E-state index in [2.05, 4.69) is 0 Å². The number of rotatable bonds is 4. The van der Waals surface area contributed by atoms with Gasteiger partial charge >= 0.3 is 5.97 Å². The number of carbonyl (C=O) groups is 1. The van der Waals surface area contributed by atoms with Crippen molar-refractivity contribution in [3.8, 4) is 0 Å². The molecule has 0 aliphatic carbocycles. The first-order valence-electron chi connectivity index (χ1n) is 4.81. The highest BCUT2D eigenvalue weighted by molar-refractivity contribution is 7.93. The Morgan fingerprint density at radius 3 is 2.53 bits per heavy atom. The van der Waals surface area contributed by atoms with Crippen molar-refractivity contribution in [3.63, 3.8) is 0 Å². The van der Waals surface area contributed by atoms with Gasteiger partial charge in [-0.3, -0.25) is 4.79 Å². The van der Waals surface area contributed by atoms with Crippen molar-refractivity contribution in [2.45, 2.75) is 25.0 Å². The Morgan fingerprint density at radius 1 is 1.53 bits per heavy atom. The lowest BCUT2D eigenvalue weighted by Gasteiger charge is -2.21. The fourth-order valence-corrected chi connectivity index (χ4v) is 2.93. The Bertz CT molecular complexity index is 338. The molecule has 15 heavy (non-hydrogen) atoms. The van der Waals surface area contributed by atoms with Gasteiger partial charge in [0.25, 0.3) is 0 Å². The van der Waals surface area contributed by atoms with Crippen LogP contribution in [0.25, 0.3) is 0 Å². The highest BCUT2D eigenvalue weighted by Crippen LogP contribution is 2.23. The Balaban J connectivity index is 2.78. The molecule has 0 spiro atoms. The third-order valence-electron chi connectivity index (χ3n) is 2.77. The first kappa shape index (κ1) is 12.4. The summed E-state index contributed by atoms with van der Waals surface area (Å²) in [6, 6.07) is 0. The SMILES string of the molecule is CC(C)(C(=O)O)S(=O)(=O)CC1CCOC1. The molecular formula is C9H16O5S. The third-order valence-corrected chi connectivity index (χ3v) is 5.41. The molecule has 1 aliphatic rings. The van der Waals surface area contributed by atoms with Crippen LogP contribution in [-0.4, -0.2) is 43.2 Å². The van der Waals surface area contributed by atoms with Crippen molar-refractivity contribution >= 4 is 15.8 Å². The van der Waals surface area contributed by atoms with E-state index in [0.29, 0.717) is 19.6 Å². The lowest BCUT2D eigenvalue weighted by atomic mass is 10.2. The molecule has 6 heteroatoms. The Labute approximate surface area is 89.3 Å². The lowest BCUT2D eigenvalue weighted by Crippen LogP contribution is -2.43. The van der Waals surface area contributed by atoms with Gasteiger partial charge in [0.05, 0.1) is 12.4 Å². The quantitative estimate of drug-likeness (QED) is 0.759. The molecule has 0 amide bonds. The predicted octanol–water partition coefficient (Wildman–Crippen LogP) is 0.301. The Morgan fingerprint density at radius 2 is 2.13 bits per heavy atom. The van der Waals surface area contributed by atoms with E-state index < -0.39 is 20.6 Å². The number of carboxylic acid groups (broad SMARTS) is 1. The zero-order chi connectivity index (χ0) is 11.7. The summed E-state index contributed by atoms with van der Waals surface area (Å²) in [5.41, 5.74) is 0. The van der Waals surface area contributed by atoms with Gasteiger partial charge in [-0.1, -0.05) is 0 Å². The molecule has 1 saturated heterocycles. The van der Waals surface area contributed by atoms with Crippen LogP contribution >= 0.6 is 0 Å². The van der Waals surface area contributed by atoms with Crippen molar-refractivity contribution < 1.29 is 23.1 Å². The van der Waals surface area contributed by atoms with Crippen LogP contribution in [0.3, 0.4) is 0 Å². The maximum atomic E-state index is 11.8. The van der Waals surface area contributed by atoms with Crippen LogP contribution < -0.4 is 0 Å². The van der Waals surface area contributed by atoms with Gasteiger partial charge in [0.15, 0.2) is 14.6 Å². The standard InChI is InChI=1S/C9H16O5S/c1-9(2,8(10)11)15(12,13)6-7-3-4-14-5-7/h7H,3-6H2,1-2H3,(H,10,11). The van der Waals surface area contributed by atoms with E-state index in [4.69, 9.17) is 9.84 Å². The molecule has 0 saturated carbocycles. The lowest BCUT2D eigenvalue weighted by molar-refractivity contribution is -0.139. The molecule has 1 unspecified atom stereocenters. The predicted molar refractivity (Wildman–Crippen MR) is 54.4 cm³/mol. The minimum atomic E-state index is -3.62. The minimum absolute atomic E-state index is 0.0615. The number of hydrogen-bond acceptors (Lipinski definition) is 4. The normalized spacial score (nSPS) is 22.9. The molecular weight excluding hydrogens is 220 g/mol. The molecule has 5 nitrogen and oxygen atoms in total. The molecule has 0 radical (unpaired) electrons. The minimum Gasteiger partial charge on any atom is -0.480 e. The number of hydrogen-bond donors (Lipinski definition) is 1. The molecule has 1 atom stereocenters. The highest BCUT2D eigenvalue weighted by Gasteiger charge is 2.43. The second-order valence-electron chi connectivity index (χ2n) is 4.33. The van der Waals surface area contributed by atoms with Crippen LogP contribution in [0.1, 0.15) is 20.3 Å². The molecule has 1 fully saturated rings. The first-order chi connectivity index (χ1) is 6.77. The smallest absolute Gasteiger partial charge is 0.324 e. The molecule has 0 bridgehead atoms. The summed E-state index contributed by atoms with van der Waals surface area (Å²) in [6.45, 7) is 3.42. The molecule has 0 aromatic rings. The van der Waals surface area contributed by atoms with Crippen molar-refractivity contribution in [3.05, 3.63) is 0 Å². The van der Waals surface area contributed by atoms with Crippen molar-refractivity contribution in [1.29, 1.82) is 0 Å². The molecule has 88 valence electrons. The second kappa shape index (κ2) is 4.09. The van der Waals surface area contributed by atoms with Crippen molar-refractivity contribution in [2.75, 3.05) is 19.0 Å². The van der Waals surface area contributed by atoms with Crippen LogP contribution in [0.2, 0.25) is 0 Å². The Hall–Kier alpha value is -0.620. The molecule has 0 aromatic heterocycles. The van der Waals surface area contributed by atoms with Gasteiger partial charge in [0.2, 0.25) is 0 Å². The molecule has 1 N–H and O–H groups in total. The average Bonchev–Trinajstić information content (AvgIpc) is 2.55.